The van der Waals surface area contributed by atoms with Crippen molar-refractivity contribution in [1.29, 1.82) is 0 Å². The number of halogens is 1. The van der Waals surface area contributed by atoms with Gasteiger partial charge in [-0.25, -0.2) is 4.39 Å². The molecule has 0 saturated heterocycles. The van der Waals surface area contributed by atoms with Crippen molar-refractivity contribution in [2.24, 2.45) is 11.1 Å². The minimum Gasteiger partial charge on any atom is -0.497 e. The monoisotopic (exact) mass is 255 g/mol. The third-order valence-corrected chi connectivity index (χ3v) is 2.82. The second kappa shape index (κ2) is 5.03. The average molecular weight is 255 g/mol. The first-order valence-corrected chi connectivity index (χ1v) is 5.17. The van der Waals surface area contributed by atoms with Crippen molar-refractivity contribution in [1.82, 2.24) is 0 Å². The zero-order valence-electron chi connectivity index (χ0n) is 10.1. The lowest BCUT2D eigenvalue weighted by atomic mass is 9.83. The van der Waals surface area contributed by atoms with Crippen LogP contribution in [0, 0.1) is 11.2 Å². The highest BCUT2D eigenvalue weighted by atomic mass is 19.1. The molecule has 0 spiro atoms. The van der Waals surface area contributed by atoms with Crippen LogP contribution in [0.3, 0.4) is 0 Å². The number of benzene rings is 1. The van der Waals surface area contributed by atoms with Gasteiger partial charge < -0.3 is 15.6 Å². The first-order chi connectivity index (χ1) is 8.31. The van der Waals surface area contributed by atoms with Crippen LogP contribution < -0.4 is 10.5 Å². The number of hydrogen-bond acceptors (Lipinski definition) is 3. The van der Waals surface area contributed by atoms with Gasteiger partial charge in [-0.2, -0.15) is 0 Å². The minimum atomic E-state index is -1.84. The maximum atomic E-state index is 13.7. The molecule has 0 aliphatic rings. The molecule has 0 radical (unpaired) electrons. The fraction of sp³-hybridized carbons (Fsp3) is 0.333. The van der Waals surface area contributed by atoms with E-state index in [1.165, 1.54) is 26.2 Å². The maximum Gasteiger partial charge on any atom is 0.319 e. The number of amides is 1. The van der Waals surface area contributed by atoms with E-state index >= 15 is 0 Å². The zero-order valence-corrected chi connectivity index (χ0v) is 10.1. The summed E-state index contributed by atoms with van der Waals surface area (Å²) in [6.45, 7) is 1.17. The Balaban J connectivity index is 3.10. The van der Waals surface area contributed by atoms with Crippen LogP contribution >= 0.6 is 0 Å². The van der Waals surface area contributed by atoms with E-state index in [4.69, 9.17) is 15.6 Å². The Bertz CT molecular complexity index is 473. The minimum absolute atomic E-state index is 0.0968. The standard InChI is InChI=1S/C12H14FNO4/c1-12(10(14)15,11(16)17)6-7-3-4-8(18-2)5-9(7)13/h3-5H,6H2,1-2H3,(H2,14,15)(H,16,17). The molecule has 0 aliphatic heterocycles. The van der Waals surface area contributed by atoms with Crippen LogP contribution in [0.1, 0.15) is 12.5 Å². The molecule has 1 rings (SSSR count). The third-order valence-electron chi connectivity index (χ3n) is 2.82. The SMILES string of the molecule is COc1ccc(CC(C)(C(N)=O)C(=O)O)c(F)c1. The average Bonchev–Trinajstić information content (AvgIpc) is 2.30. The summed E-state index contributed by atoms with van der Waals surface area (Å²) in [5.41, 5.74) is 3.32. The molecule has 1 amide bonds. The van der Waals surface area contributed by atoms with Crippen molar-refractivity contribution in [3.8, 4) is 5.75 Å². The smallest absolute Gasteiger partial charge is 0.319 e. The number of carbonyl (C=O) groups excluding carboxylic acids is 1. The fourth-order valence-corrected chi connectivity index (χ4v) is 1.45. The molecular formula is C12H14FNO4. The number of carbonyl (C=O) groups is 2. The van der Waals surface area contributed by atoms with Crippen molar-refractivity contribution in [3.05, 3.63) is 29.6 Å². The highest BCUT2D eigenvalue weighted by Crippen LogP contribution is 2.26. The lowest BCUT2D eigenvalue weighted by molar-refractivity contribution is -0.153. The van der Waals surface area contributed by atoms with Crippen LogP contribution in [-0.4, -0.2) is 24.1 Å². The molecule has 0 aromatic heterocycles. The quantitative estimate of drug-likeness (QED) is 0.766. The number of methoxy groups -OCH3 is 1. The van der Waals surface area contributed by atoms with Crippen molar-refractivity contribution < 1.29 is 23.8 Å². The van der Waals surface area contributed by atoms with E-state index in [0.717, 1.165) is 6.07 Å². The van der Waals surface area contributed by atoms with Gasteiger partial charge in [0.25, 0.3) is 0 Å². The molecule has 1 aromatic carbocycles. The van der Waals surface area contributed by atoms with Crippen molar-refractivity contribution in [2.45, 2.75) is 13.3 Å². The molecule has 6 heteroatoms. The Morgan fingerprint density at radius 2 is 2.11 bits per heavy atom. The predicted molar refractivity (Wildman–Crippen MR) is 61.6 cm³/mol. The number of carboxylic acids is 1. The number of carboxylic acid groups (broad SMARTS) is 1. The first kappa shape index (κ1) is 14.0. The van der Waals surface area contributed by atoms with E-state index in [-0.39, 0.29) is 12.0 Å². The Morgan fingerprint density at radius 1 is 1.50 bits per heavy atom. The summed E-state index contributed by atoms with van der Waals surface area (Å²) in [7, 11) is 1.39. The Hall–Kier alpha value is -2.11. The molecule has 5 nitrogen and oxygen atoms in total. The molecule has 0 bridgehead atoms. The summed E-state index contributed by atoms with van der Waals surface area (Å²) in [5.74, 6) is -2.72. The van der Waals surface area contributed by atoms with Gasteiger partial charge in [0.15, 0.2) is 0 Å². The van der Waals surface area contributed by atoms with Gasteiger partial charge in [-0.3, -0.25) is 9.59 Å². The van der Waals surface area contributed by atoms with Gasteiger partial charge in [0.05, 0.1) is 7.11 Å². The molecule has 0 heterocycles. The van der Waals surface area contributed by atoms with Gasteiger partial charge in [-0.05, 0) is 18.6 Å². The fourth-order valence-electron chi connectivity index (χ4n) is 1.45. The van der Waals surface area contributed by atoms with Crippen LogP contribution in [0.15, 0.2) is 18.2 Å². The van der Waals surface area contributed by atoms with E-state index in [0.29, 0.717) is 5.75 Å². The largest absolute Gasteiger partial charge is 0.497 e. The number of hydrogen-bond donors (Lipinski definition) is 2. The van der Waals surface area contributed by atoms with Crippen LogP contribution in [0.25, 0.3) is 0 Å². The molecule has 1 atom stereocenters. The van der Waals surface area contributed by atoms with Gasteiger partial charge in [-0.1, -0.05) is 6.07 Å². The summed E-state index contributed by atoms with van der Waals surface area (Å²) >= 11 is 0. The van der Waals surface area contributed by atoms with Crippen LogP contribution in [0.2, 0.25) is 0 Å². The zero-order chi connectivity index (χ0) is 13.9. The highest BCUT2D eigenvalue weighted by Gasteiger charge is 2.40. The number of ether oxygens (including phenoxy) is 1. The van der Waals surface area contributed by atoms with Crippen molar-refractivity contribution in [3.63, 3.8) is 0 Å². The van der Waals surface area contributed by atoms with E-state index in [1.807, 2.05) is 0 Å². The summed E-state index contributed by atoms with van der Waals surface area (Å²) in [5, 5.41) is 9.01. The first-order valence-electron chi connectivity index (χ1n) is 5.17. The Labute approximate surface area is 103 Å². The molecule has 1 aromatic rings. The van der Waals surface area contributed by atoms with Crippen LogP contribution in [-0.2, 0) is 16.0 Å². The van der Waals surface area contributed by atoms with E-state index < -0.39 is 23.1 Å². The molecular weight excluding hydrogens is 241 g/mol. The van der Waals surface area contributed by atoms with Gasteiger partial charge in [0, 0.05) is 12.5 Å². The van der Waals surface area contributed by atoms with Crippen LogP contribution in [0.4, 0.5) is 4.39 Å². The molecule has 0 aliphatic carbocycles. The van der Waals surface area contributed by atoms with Crippen LogP contribution in [0.5, 0.6) is 5.75 Å². The summed E-state index contributed by atoms with van der Waals surface area (Å²) < 4.78 is 18.5. The summed E-state index contributed by atoms with van der Waals surface area (Å²) in [6, 6.07) is 3.98. The maximum absolute atomic E-state index is 13.7. The second-order valence-corrected chi connectivity index (χ2v) is 4.14. The third kappa shape index (κ3) is 2.58. The molecule has 0 saturated carbocycles. The lowest BCUT2D eigenvalue weighted by Gasteiger charge is -2.21. The summed E-state index contributed by atoms with van der Waals surface area (Å²) in [4.78, 5) is 22.2. The molecule has 18 heavy (non-hydrogen) atoms. The number of aliphatic carboxylic acids is 1. The van der Waals surface area contributed by atoms with Gasteiger partial charge in [-0.15, -0.1) is 0 Å². The molecule has 98 valence electrons. The molecule has 3 N–H and O–H groups in total. The molecule has 1 unspecified atom stereocenters. The molecule has 0 fully saturated rings. The number of primary amides is 1. The Kier molecular flexibility index (Phi) is 3.90. The van der Waals surface area contributed by atoms with E-state index in [1.54, 1.807) is 0 Å². The van der Waals surface area contributed by atoms with Gasteiger partial charge in [0.1, 0.15) is 17.0 Å². The van der Waals surface area contributed by atoms with E-state index in [2.05, 4.69) is 0 Å². The topological polar surface area (TPSA) is 89.6 Å². The van der Waals surface area contributed by atoms with Crippen molar-refractivity contribution in [2.75, 3.05) is 7.11 Å². The Morgan fingerprint density at radius 3 is 2.50 bits per heavy atom. The normalized spacial score (nSPS) is 13.7. The lowest BCUT2D eigenvalue weighted by Crippen LogP contribution is -2.43. The van der Waals surface area contributed by atoms with Crippen molar-refractivity contribution >= 4 is 11.9 Å². The highest BCUT2D eigenvalue weighted by molar-refractivity contribution is 6.00. The second-order valence-electron chi connectivity index (χ2n) is 4.14. The summed E-state index contributed by atoms with van der Waals surface area (Å²) in [6.07, 6.45) is -0.312. The number of rotatable bonds is 5. The van der Waals surface area contributed by atoms with E-state index in [9.17, 15) is 14.0 Å². The van der Waals surface area contributed by atoms with Gasteiger partial charge in [0.2, 0.25) is 5.91 Å². The number of nitrogens with two attached hydrogens (primary N) is 1. The predicted octanol–water partition coefficient (Wildman–Crippen LogP) is 0.953. The van der Waals surface area contributed by atoms with Gasteiger partial charge >= 0.3 is 5.97 Å².